The molecule has 0 spiro atoms. The second kappa shape index (κ2) is 4.81. The molecule has 1 rings (SSSR count). The number of halogens is 1. The third-order valence-electron chi connectivity index (χ3n) is 2.01. The Morgan fingerprint density at radius 3 is 2.77 bits per heavy atom. The van der Waals surface area contributed by atoms with Crippen molar-refractivity contribution < 1.29 is 5.11 Å². The minimum Gasteiger partial charge on any atom is -0.508 e. The van der Waals surface area contributed by atoms with Gasteiger partial charge in [-0.05, 0) is 72.2 Å². The van der Waals surface area contributed by atoms with Crippen LogP contribution in [0.3, 0.4) is 0 Å². The number of nitrogens with two attached hydrogens (primary N) is 1. The van der Waals surface area contributed by atoms with Crippen molar-refractivity contribution in [3.8, 4) is 5.75 Å². The molecule has 72 valence electrons. The van der Waals surface area contributed by atoms with Crippen molar-refractivity contribution in [3.63, 3.8) is 0 Å². The Morgan fingerprint density at radius 2 is 2.15 bits per heavy atom. The number of hydrogen-bond acceptors (Lipinski definition) is 2. The van der Waals surface area contributed by atoms with Crippen LogP contribution >= 0.6 is 22.6 Å². The van der Waals surface area contributed by atoms with Crippen LogP contribution < -0.4 is 5.73 Å². The molecule has 0 amide bonds. The van der Waals surface area contributed by atoms with Crippen molar-refractivity contribution >= 4 is 22.6 Å². The lowest BCUT2D eigenvalue weighted by Crippen LogP contribution is -2.00. The van der Waals surface area contributed by atoms with Crippen LogP contribution in [0.4, 0.5) is 0 Å². The molecule has 0 aliphatic carbocycles. The number of aryl methyl sites for hydroxylation is 2. The number of phenolic OH excluding ortho intramolecular Hbond substituents is 1. The highest BCUT2D eigenvalue weighted by Gasteiger charge is 2.03. The highest BCUT2D eigenvalue weighted by atomic mass is 127. The van der Waals surface area contributed by atoms with Crippen molar-refractivity contribution in [2.75, 3.05) is 6.54 Å². The molecule has 0 radical (unpaired) electrons. The minimum absolute atomic E-state index is 0.395. The van der Waals surface area contributed by atoms with E-state index in [1.807, 2.05) is 19.1 Å². The van der Waals surface area contributed by atoms with Crippen LogP contribution in [-0.4, -0.2) is 11.7 Å². The van der Waals surface area contributed by atoms with Gasteiger partial charge in [0.15, 0.2) is 0 Å². The van der Waals surface area contributed by atoms with E-state index < -0.39 is 0 Å². The Labute approximate surface area is 92.3 Å². The second-order valence-electron chi connectivity index (χ2n) is 3.12. The molecule has 3 N–H and O–H groups in total. The van der Waals surface area contributed by atoms with Crippen LogP contribution in [0.25, 0.3) is 0 Å². The Balaban J connectivity index is 2.88. The van der Waals surface area contributed by atoms with E-state index in [1.165, 1.54) is 3.57 Å². The quantitative estimate of drug-likeness (QED) is 0.839. The average molecular weight is 291 g/mol. The molecule has 0 bridgehead atoms. The molecule has 1 aromatic carbocycles. The molecular weight excluding hydrogens is 277 g/mol. The van der Waals surface area contributed by atoms with Crippen molar-refractivity contribution in [2.45, 2.75) is 19.8 Å². The zero-order valence-electron chi connectivity index (χ0n) is 7.68. The van der Waals surface area contributed by atoms with Crippen molar-refractivity contribution in [1.82, 2.24) is 0 Å². The molecule has 3 heteroatoms. The van der Waals surface area contributed by atoms with Crippen molar-refractivity contribution in [2.24, 2.45) is 5.73 Å². The maximum atomic E-state index is 9.60. The van der Waals surface area contributed by atoms with Crippen LogP contribution in [0.15, 0.2) is 12.1 Å². The molecule has 0 aromatic heterocycles. The van der Waals surface area contributed by atoms with E-state index in [2.05, 4.69) is 22.6 Å². The first kappa shape index (κ1) is 10.8. The lowest BCUT2D eigenvalue weighted by Gasteiger charge is -2.06. The van der Waals surface area contributed by atoms with Gasteiger partial charge in [-0.1, -0.05) is 0 Å². The average Bonchev–Trinajstić information content (AvgIpc) is 2.09. The molecular formula is C10H14INO. The first-order valence-electron chi connectivity index (χ1n) is 4.33. The van der Waals surface area contributed by atoms with E-state index in [0.717, 1.165) is 24.0 Å². The van der Waals surface area contributed by atoms with Gasteiger partial charge in [-0.3, -0.25) is 0 Å². The Morgan fingerprint density at radius 1 is 1.46 bits per heavy atom. The van der Waals surface area contributed by atoms with Gasteiger partial charge in [0.2, 0.25) is 0 Å². The molecule has 2 nitrogen and oxygen atoms in total. The number of benzene rings is 1. The van der Waals surface area contributed by atoms with Crippen LogP contribution in [0.1, 0.15) is 17.5 Å². The monoisotopic (exact) mass is 291 g/mol. The van der Waals surface area contributed by atoms with E-state index in [4.69, 9.17) is 5.73 Å². The van der Waals surface area contributed by atoms with Crippen LogP contribution in [0, 0.1) is 10.5 Å². The Bertz CT molecular complexity index is 299. The van der Waals surface area contributed by atoms with E-state index in [9.17, 15) is 5.11 Å². The molecule has 13 heavy (non-hydrogen) atoms. The van der Waals surface area contributed by atoms with Gasteiger partial charge in [0, 0.05) is 3.57 Å². The summed E-state index contributed by atoms with van der Waals surface area (Å²) in [5.41, 5.74) is 7.53. The van der Waals surface area contributed by atoms with E-state index in [1.54, 1.807) is 0 Å². The molecule has 0 saturated carbocycles. The Kier molecular flexibility index (Phi) is 3.99. The van der Waals surface area contributed by atoms with Gasteiger partial charge in [-0.25, -0.2) is 0 Å². The molecule has 0 aliphatic heterocycles. The number of rotatable bonds is 3. The van der Waals surface area contributed by atoms with Crippen LogP contribution in [0.2, 0.25) is 0 Å². The summed E-state index contributed by atoms with van der Waals surface area (Å²) in [6, 6.07) is 3.84. The third kappa shape index (κ3) is 2.84. The zero-order chi connectivity index (χ0) is 9.84. The molecule has 0 unspecified atom stereocenters. The van der Waals surface area contributed by atoms with Crippen molar-refractivity contribution in [3.05, 3.63) is 26.8 Å². The van der Waals surface area contributed by atoms with E-state index in [-0.39, 0.29) is 0 Å². The predicted octanol–water partition coefficient (Wildman–Crippen LogP) is 2.20. The minimum atomic E-state index is 0.395. The molecule has 1 aromatic rings. The lowest BCUT2D eigenvalue weighted by molar-refractivity contribution is 0.466. The Hall–Kier alpha value is -0.290. The topological polar surface area (TPSA) is 46.2 Å². The maximum absolute atomic E-state index is 9.60. The highest BCUT2D eigenvalue weighted by Crippen LogP contribution is 2.24. The summed E-state index contributed by atoms with van der Waals surface area (Å²) in [6.45, 7) is 2.66. The summed E-state index contributed by atoms with van der Waals surface area (Å²) >= 11 is 2.28. The summed E-state index contributed by atoms with van der Waals surface area (Å²) in [6.07, 6.45) is 1.78. The SMILES string of the molecule is Cc1cc(O)c(CCCN)cc1I. The van der Waals surface area contributed by atoms with Crippen LogP contribution in [-0.2, 0) is 6.42 Å². The van der Waals surface area contributed by atoms with E-state index in [0.29, 0.717) is 12.3 Å². The molecule has 0 aliphatic rings. The standard InChI is InChI=1S/C10H14INO/c1-7-5-10(13)8(3-2-4-12)6-9(7)11/h5-6,13H,2-4,12H2,1H3. The smallest absolute Gasteiger partial charge is 0.119 e. The first-order chi connectivity index (χ1) is 6.15. The van der Waals surface area contributed by atoms with Gasteiger partial charge < -0.3 is 10.8 Å². The summed E-state index contributed by atoms with van der Waals surface area (Å²) in [4.78, 5) is 0. The number of phenols is 1. The number of aromatic hydroxyl groups is 1. The molecule has 0 atom stereocenters. The number of hydrogen-bond donors (Lipinski definition) is 2. The summed E-state index contributed by atoms with van der Waals surface area (Å²) in [5, 5.41) is 9.60. The van der Waals surface area contributed by atoms with Gasteiger partial charge in [-0.15, -0.1) is 0 Å². The van der Waals surface area contributed by atoms with Gasteiger partial charge in [0.05, 0.1) is 0 Å². The van der Waals surface area contributed by atoms with Crippen LogP contribution in [0.5, 0.6) is 5.75 Å². The summed E-state index contributed by atoms with van der Waals surface area (Å²) < 4.78 is 1.20. The van der Waals surface area contributed by atoms with E-state index >= 15 is 0 Å². The lowest BCUT2D eigenvalue weighted by atomic mass is 10.1. The third-order valence-corrected chi connectivity index (χ3v) is 3.17. The molecule has 0 saturated heterocycles. The van der Waals surface area contributed by atoms with Crippen molar-refractivity contribution in [1.29, 1.82) is 0 Å². The van der Waals surface area contributed by atoms with Gasteiger partial charge in [0.25, 0.3) is 0 Å². The highest BCUT2D eigenvalue weighted by molar-refractivity contribution is 14.1. The maximum Gasteiger partial charge on any atom is 0.119 e. The zero-order valence-corrected chi connectivity index (χ0v) is 9.84. The fraction of sp³-hybridized carbons (Fsp3) is 0.400. The second-order valence-corrected chi connectivity index (χ2v) is 4.28. The normalized spacial score (nSPS) is 10.4. The summed E-state index contributed by atoms with van der Waals surface area (Å²) in [5.74, 6) is 0.395. The molecule has 0 heterocycles. The largest absolute Gasteiger partial charge is 0.508 e. The first-order valence-corrected chi connectivity index (χ1v) is 5.41. The van der Waals surface area contributed by atoms with Gasteiger partial charge in [-0.2, -0.15) is 0 Å². The fourth-order valence-electron chi connectivity index (χ4n) is 1.20. The fourth-order valence-corrected chi connectivity index (χ4v) is 1.73. The summed E-state index contributed by atoms with van der Waals surface area (Å²) in [7, 11) is 0. The predicted molar refractivity (Wildman–Crippen MR) is 62.9 cm³/mol. The van der Waals surface area contributed by atoms with Gasteiger partial charge in [0.1, 0.15) is 5.75 Å². The molecule has 0 fully saturated rings. The van der Waals surface area contributed by atoms with Gasteiger partial charge >= 0.3 is 0 Å².